The van der Waals surface area contributed by atoms with Crippen molar-refractivity contribution in [1.29, 1.82) is 0 Å². The lowest BCUT2D eigenvalue weighted by atomic mass is 9.40. The third-order valence-electron chi connectivity index (χ3n) is 25.4. The second-order valence-electron chi connectivity index (χ2n) is 32.4. The molecule has 7 unspecified atom stereocenters. The minimum Gasteiger partial charge on any atom is -0.356 e. The number of rotatable bonds is 61. The Morgan fingerprint density at radius 1 is 0.375 bits per heavy atom. The Kier molecular flexibility index (Phi) is 46.0. The maximum atomic E-state index is 13.6. The van der Waals surface area contributed by atoms with E-state index in [0.717, 1.165) is 56.0 Å². The van der Waals surface area contributed by atoms with E-state index in [2.05, 4.69) is 75.4 Å². The molecule has 5 heteroatoms. The fraction of sp³-hybridized carbons (Fsp3) is 0.988. The molecule has 0 bridgehead atoms. The molecule has 4 aliphatic rings. The normalized spacial score (nSPS) is 23.9. The number of fused-ring (bicyclic) bond motifs is 5. The molecular formula is C83H162N4O. The number of unbranched alkanes of at least 4 members (excludes halogenated alkanes) is 37. The van der Waals surface area contributed by atoms with Crippen LogP contribution in [0.25, 0.3) is 0 Å². The van der Waals surface area contributed by atoms with E-state index in [1.165, 1.54) is 393 Å². The summed E-state index contributed by atoms with van der Waals surface area (Å²) < 4.78 is 0. The summed E-state index contributed by atoms with van der Waals surface area (Å²) in [6.45, 7) is 32.3. The largest absolute Gasteiger partial charge is 0.356 e. The highest BCUT2D eigenvalue weighted by molar-refractivity contribution is 5.75. The van der Waals surface area contributed by atoms with Gasteiger partial charge in [0, 0.05) is 13.0 Å². The lowest BCUT2D eigenvalue weighted by molar-refractivity contribution is -0.154. The fourth-order valence-corrected chi connectivity index (χ4v) is 19.2. The minimum atomic E-state index is 0.316. The summed E-state index contributed by atoms with van der Waals surface area (Å²) in [6, 6.07) is 0. The number of carbonyl (C=O) groups excluding carboxylic acids is 1. The van der Waals surface area contributed by atoms with Gasteiger partial charge in [0.15, 0.2) is 0 Å². The third kappa shape index (κ3) is 32.2. The Hall–Kier alpha value is -0.650. The molecule has 5 nitrogen and oxygen atoms in total. The minimum absolute atomic E-state index is 0.316. The fourth-order valence-electron chi connectivity index (χ4n) is 19.2. The van der Waals surface area contributed by atoms with E-state index >= 15 is 0 Å². The van der Waals surface area contributed by atoms with Gasteiger partial charge in [0.05, 0.1) is 0 Å². The highest BCUT2D eigenvalue weighted by Crippen LogP contribution is 2.71. The Morgan fingerprint density at radius 2 is 0.716 bits per heavy atom. The molecule has 0 saturated heterocycles. The molecular weight excluding hydrogens is 1070 g/mol. The summed E-state index contributed by atoms with van der Waals surface area (Å²) in [7, 11) is 0. The molecule has 0 aromatic carbocycles. The zero-order valence-electron chi connectivity index (χ0n) is 61.8. The van der Waals surface area contributed by atoms with Gasteiger partial charge in [-0.15, -0.1) is 0 Å². The van der Waals surface area contributed by atoms with E-state index in [4.69, 9.17) is 0 Å². The average Bonchev–Trinajstić information content (AvgIpc) is 1.27. The van der Waals surface area contributed by atoms with E-state index < -0.39 is 0 Å². The van der Waals surface area contributed by atoms with E-state index in [1.807, 2.05) is 0 Å². The first kappa shape index (κ1) is 79.8. The van der Waals surface area contributed by atoms with Crippen molar-refractivity contribution in [3.8, 4) is 0 Å². The molecule has 88 heavy (non-hydrogen) atoms. The Labute approximate surface area is 554 Å². The number of hydrogen-bond donors (Lipinski definition) is 1. The summed E-state index contributed by atoms with van der Waals surface area (Å²) in [5, 5.41) is 3.47. The van der Waals surface area contributed by atoms with Gasteiger partial charge in [-0.2, -0.15) is 0 Å². The van der Waals surface area contributed by atoms with Crippen LogP contribution in [0.4, 0.5) is 0 Å². The molecule has 0 aromatic heterocycles. The van der Waals surface area contributed by atoms with Crippen molar-refractivity contribution in [2.75, 3.05) is 65.4 Å². The van der Waals surface area contributed by atoms with Crippen LogP contribution in [0, 0.1) is 45.8 Å². The van der Waals surface area contributed by atoms with Gasteiger partial charge in [0.1, 0.15) is 0 Å². The summed E-state index contributed by atoms with van der Waals surface area (Å²) in [5.41, 5.74) is 1.63. The average molecular weight is 1230 g/mol. The van der Waals surface area contributed by atoms with Gasteiger partial charge in [-0.25, -0.2) is 0 Å². The summed E-state index contributed by atoms with van der Waals surface area (Å²) in [5.74, 6) is 4.58. The zero-order chi connectivity index (χ0) is 63.1. The molecule has 1 amide bonds. The van der Waals surface area contributed by atoms with Crippen molar-refractivity contribution in [2.45, 2.75) is 415 Å². The molecule has 0 heterocycles. The second kappa shape index (κ2) is 50.7. The highest BCUT2D eigenvalue weighted by atomic mass is 16.1. The number of nitrogens with zero attached hydrogens (tertiary/aromatic N) is 3. The Morgan fingerprint density at radius 3 is 1.11 bits per heavy atom. The molecule has 8 atom stereocenters. The van der Waals surface area contributed by atoms with Crippen molar-refractivity contribution in [2.24, 2.45) is 45.8 Å². The maximum absolute atomic E-state index is 13.6. The van der Waals surface area contributed by atoms with Crippen LogP contribution in [-0.2, 0) is 4.79 Å². The molecule has 0 aliphatic heterocycles. The molecule has 4 rings (SSSR count). The molecule has 0 radical (unpaired) electrons. The predicted molar refractivity (Wildman–Crippen MR) is 391 cm³/mol. The van der Waals surface area contributed by atoms with E-state index in [0.29, 0.717) is 28.1 Å². The number of hydrogen-bond acceptors (Lipinski definition) is 4. The van der Waals surface area contributed by atoms with Crippen LogP contribution in [0.3, 0.4) is 0 Å². The first-order valence-electron chi connectivity index (χ1n) is 41.5. The SMILES string of the molecule is CCCCCCCCCCCCN(CCCCN(CCCCCCCCCCCC)CCCN(CCCCCCCCCCCC)CCCCCCCCCCCC)CCCNC(=O)CC[C@@H](C)C1CCC2C3CCC4(C)CCCCC4(C)C3CCC21C. The van der Waals surface area contributed by atoms with Crippen molar-refractivity contribution in [1.82, 2.24) is 20.0 Å². The first-order chi connectivity index (χ1) is 43.0. The summed E-state index contributed by atoms with van der Waals surface area (Å²) in [4.78, 5) is 22.3. The lowest BCUT2D eigenvalue weighted by Crippen LogP contribution is -2.56. The summed E-state index contributed by atoms with van der Waals surface area (Å²) >= 11 is 0. The van der Waals surface area contributed by atoms with E-state index in [1.54, 1.807) is 0 Å². The maximum Gasteiger partial charge on any atom is 0.220 e. The highest BCUT2D eigenvalue weighted by Gasteiger charge is 2.62. The van der Waals surface area contributed by atoms with Crippen LogP contribution in [0.1, 0.15) is 415 Å². The number of nitrogens with one attached hydrogen (secondary N) is 1. The topological polar surface area (TPSA) is 38.8 Å². The van der Waals surface area contributed by atoms with E-state index in [-0.39, 0.29) is 0 Å². The van der Waals surface area contributed by atoms with Crippen LogP contribution < -0.4 is 5.32 Å². The van der Waals surface area contributed by atoms with Gasteiger partial charge in [-0.1, -0.05) is 299 Å². The quantitative estimate of drug-likeness (QED) is 0.0616. The standard InChI is InChI=1S/C83H162N4O/c1-9-13-17-21-25-29-33-37-41-47-66-85(72-53-65-84-80(88)58-55-75(5)77-56-57-78-76-59-63-81(6)61-45-46-62-83(81,8)79(76)60-64-82(77,78)7)70-51-52-71-87(69-50-44-40-36-32-28-24-20-16-12-4)74-54-73-86(67-48-42-38-34-30-26-22-18-14-10-2)68-49-43-39-35-31-27-23-19-15-11-3/h75-79H,9-74H2,1-8H3,(H,84,88)/t75-,76?,77?,78?,79?,81?,82?,83?/m1/s1. The van der Waals surface area contributed by atoms with Gasteiger partial charge in [0.2, 0.25) is 5.91 Å². The van der Waals surface area contributed by atoms with Crippen LogP contribution in [0.5, 0.6) is 0 Å². The van der Waals surface area contributed by atoms with Gasteiger partial charge >= 0.3 is 0 Å². The Balaban J connectivity index is 1.25. The molecule has 4 saturated carbocycles. The molecule has 0 spiro atoms. The van der Waals surface area contributed by atoms with Crippen LogP contribution >= 0.6 is 0 Å². The van der Waals surface area contributed by atoms with Gasteiger partial charge in [0.25, 0.3) is 0 Å². The monoisotopic (exact) mass is 1230 g/mol. The zero-order valence-corrected chi connectivity index (χ0v) is 61.8. The van der Waals surface area contributed by atoms with Crippen LogP contribution in [-0.4, -0.2) is 86.1 Å². The molecule has 0 aromatic rings. The van der Waals surface area contributed by atoms with Crippen molar-refractivity contribution in [3.05, 3.63) is 0 Å². The lowest BCUT2D eigenvalue weighted by Gasteiger charge is -2.65. The van der Waals surface area contributed by atoms with Crippen LogP contribution in [0.15, 0.2) is 0 Å². The van der Waals surface area contributed by atoms with Gasteiger partial charge < -0.3 is 20.0 Å². The smallest absolute Gasteiger partial charge is 0.220 e. The molecule has 4 aliphatic carbocycles. The first-order valence-corrected chi connectivity index (χ1v) is 41.5. The molecule has 520 valence electrons. The van der Waals surface area contributed by atoms with Crippen molar-refractivity contribution in [3.63, 3.8) is 0 Å². The summed E-state index contributed by atoms with van der Waals surface area (Å²) in [6.07, 6.45) is 78.4. The number of carbonyl (C=O) groups is 1. The van der Waals surface area contributed by atoms with Crippen LogP contribution in [0.2, 0.25) is 0 Å². The second-order valence-corrected chi connectivity index (χ2v) is 32.4. The van der Waals surface area contributed by atoms with Crippen molar-refractivity contribution < 1.29 is 4.79 Å². The Bertz CT molecular complexity index is 1580. The predicted octanol–water partition coefficient (Wildman–Crippen LogP) is 25.1. The third-order valence-corrected chi connectivity index (χ3v) is 25.4. The van der Waals surface area contributed by atoms with Gasteiger partial charge in [-0.05, 0) is 214 Å². The number of amides is 1. The molecule has 4 fully saturated rings. The molecule has 1 N–H and O–H groups in total. The van der Waals surface area contributed by atoms with E-state index in [9.17, 15) is 4.79 Å². The van der Waals surface area contributed by atoms with Gasteiger partial charge in [-0.3, -0.25) is 4.79 Å². The van der Waals surface area contributed by atoms with Crippen molar-refractivity contribution >= 4 is 5.91 Å².